The molecule has 1 heterocycles. The Morgan fingerprint density at radius 2 is 2.32 bits per heavy atom. The van der Waals surface area contributed by atoms with Gasteiger partial charge in [0.1, 0.15) is 11.5 Å². The van der Waals surface area contributed by atoms with E-state index in [9.17, 15) is 9.18 Å². The molecule has 4 nitrogen and oxygen atoms in total. The lowest BCUT2D eigenvalue weighted by atomic mass is 10.1. The van der Waals surface area contributed by atoms with Crippen molar-refractivity contribution < 1.29 is 9.18 Å². The number of rotatable bonds is 4. The van der Waals surface area contributed by atoms with Crippen molar-refractivity contribution in [2.24, 2.45) is 5.73 Å². The highest BCUT2D eigenvalue weighted by Crippen LogP contribution is 2.31. The lowest BCUT2D eigenvalue weighted by Crippen LogP contribution is -2.27. The van der Waals surface area contributed by atoms with Gasteiger partial charge in [0.05, 0.1) is 11.0 Å². The average Bonchev–Trinajstić information content (AvgIpc) is 3.06. The minimum absolute atomic E-state index is 0. The van der Waals surface area contributed by atoms with Crippen LogP contribution in [0.1, 0.15) is 39.1 Å². The Bertz CT molecular complexity index is 677. The predicted molar refractivity (Wildman–Crippen MR) is 87.0 cm³/mol. The fourth-order valence-electron chi connectivity index (χ4n) is 2.62. The highest BCUT2D eigenvalue weighted by atomic mass is 35.5. The molecule has 0 saturated heterocycles. The van der Waals surface area contributed by atoms with Crippen molar-refractivity contribution in [2.75, 3.05) is 6.54 Å². The quantitative estimate of drug-likeness (QED) is 0.898. The van der Waals surface area contributed by atoms with Crippen LogP contribution in [0.5, 0.6) is 0 Å². The van der Waals surface area contributed by atoms with Gasteiger partial charge in [-0.2, -0.15) is 0 Å². The molecule has 0 spiro atoms. The minimum atomic E-state index is -0.230. The van der Waals surface area contributed by atoms with Crippen LogP contribution in [0.25, 0.3) is 0 Å². The number of aromatic nitrogens is 1. The Hall–Kier alpha value is -1.50. The van der Waals surface area contributed by atoms with E-state index < -0.39 is 0 Å². The van der Waals surface area contributed by atoms with E-state index in [1.807, 2.05) is 0 Å². The predicted octanol–water partition coefficient (Wildman–Crippen LogP) is 2.62. The number of hydrogen-bond acceptors (Lipinski definition) is 4. The van der Waals surface area contributed by atoms with E-state index in [4.69, 9.17) is 5.73 Å². The Morgan fingerprint density at radius 3 is 3.09 bits per heavy atom. The number of thiazole rings is 1. The first-order chi connectivity index (χ1) is 10.2. The summed E-state index contributed by atoms with van der Waals surface area (Å²) in [5, 5.41) is 5.60. The van der Waals surface area contributed by atoms with E-state index in [0.29, 0.717) is 18.7 Å². The van der Waals surface area contributed by atoms with Crippen LogP contribution in [0, 0.1) is 5.82 Å². The molecule has 0 saturated carbocycles. The lowest BCUT2D eigenvalue weighted by molar-refractivity contribution is 0.0932. The van der Waals surface area contributed by atoms with E-state index in [0.717, 1.165) is 29.0 Å². The molecular formula is C15H17ClFN3OS. The zero-order valence-electron chi connectivity index (χ0n) is 11.8. The number of aryl methyl sites for hydroxylation is 1. The number of carbonyl (C=O) groups is 1. The zero-order chi connectivity index (χ0) is 14.8. The smallest absolute Gasteiger partial charge is 0.271 e. The highest BCUT2D eigenvalue weighted by Gasteiger charge is 2.25. The number of carbonyl (C=O) groups excluding carboxylic acids is 1. The van der Waals surface area contributed by atoms with E-state index in [-0.39, 0.29) is 30.2 Å². The summed E-state index contributed by atoms with van der Waals surface area (Å²) in [6.07, 6.45) is 2.27. The molecular weight excluding hydrogens is 325 g/mol. The van der Waals surface area contributed by atoms with Gasteiger partial charge in [-0.1, -0.05) is 6.07 Å². The highest BCUT2D eigenvalue weighted by molar-refractivity contribution is 7.09. The molecule has 1 atom stereocenters. The van der Waals surface area contributed by atoms with E-state index in [1.165, 1.54) is 17.4 Å². The van der Waals surface area contributed by atoms with Crippen LogP contribution in [-0.2, 0) is 12.8 Å². The number of nitrogens with two attached hydrogens (primary N) is 1. The number of amides is 1. The Labute approximate surface area is 138 Å². The van der Waals surface area contributed by atoms with Gasteiger partial charge in [-0.05, 0) is 42.6 Å². The summed E-state index contributed by atoms with van der Waals surface area (Å²) < 4.78 is 13.2. The maximum Gasteiger partial charge on any atom is 0.271 e. The van der Waals surface area contributed by atoms with Crippen LogP contribution >= 0.6 is 23.7 Å². The molecule has 1 unspecified atom stereocenters. The first-order valence-electron chi connectivity index (χ1n) is 6.91. The molecule has 1 aliphatic rings. The fourth-order valence-corrected chi connectivity index (χ4v) is 3.42. The summed E-state index contributed by atoms with van der Waals surface area (Å²) in [5.74, 6) is -0.414. The average molecular weight is 342 g/mol. The molecule has 22 heavy (non-hydrogen) atoms. The molecule has 118 valence electrons. The Balaban J connectivity index is 0.00000176. The number of benzene rings is 1. The Kier molecular flexibility index (Phi) is 5.50. The summed E-state index contributed by atoms with van der Waals surface area (Å²) in [4.78, 5) is 16.5. The van der Waals surface area contributed by atoms with Crippen LogP contribution in [0.15, 0.2) is 23.6 Å². The van der Waals surface area contributed by atoms with Crippen LogP contribution in [-0.4, -0.2) is 17.4 Å². The molecule has 0 bridgehead atoms. The van der Waals surface area contributed by atoms with Crippen LogP contribution in [0.2, 0.25) is 0 Å². The van der Waals surface area contributed by atoms with Gasteiger partial charge in [0.15, 0.2) is 0 Å². The van der Waals surface area contributed by atoms with Crippen molar-refractivity contribution in [1.82, 2.24) is 10.3 Å². The lowest BCUT2D eigenvalue weighted by Gasteiger charge is -2.13. The van der Waals surface area contributed by atoms with Gasteiger partial charge in [0.2, 0.25) is 0 Å². The minimum Gasteiger partial charge on any atom is -0.344 e. The second-order valence-electron chi connectivity index (χ2n) is 5.07. The van der Waals surface area contributed by atoms with Crippen molar-refractivity contribution >= 4 is 29.7 Å². The van der Waals surface area contributed by atoms with Crippen molar-refractivity contribution in [3.8, 4) is 0 Å². The van der Waals surface area contributed by atoms with Gasteiger partial charge in [0.25, 0.3) is 5.91 Å². The fraction of sp³-hybridized carbons (Fsp3) is 0.333. The molecule has 2 aromatic rings. The molecule has 0 aliphatic heterocycles. The second kappa shape index (κ2) is 7.17. The zero-order valence-corrected chi connectivity index (χ0v) is 13.5. The third-order valence-corrected chi connectivity index (χ3v) is 4.54. The molecule has 1 amide bonds. The van der Waals surface area contributed by atoms with Crippen LogP contribution < -0.4 is 11.1 Å². The van der Waals surface area contributed by atoms with Gasteiger partial charge in [-0.15, -0.1) is 23.7 Å². The standard InChI is InChI=1S/C15H16FN3OS.ClH/c16-10-2-3-11-9(7-10)1-4-12(11)19-15(20)13-8-21-14(18-13)5-6-17;/h2-3,7-8,12H,1,4-6,17H2,(H,19,20);1H. The van der Waals surface area contributed by atoms with Gasteiger partial charge < -0.3 is 11.1 Å². The van der Waals surface area contributed by atoms with Gasteiger partial charge in [0, 0.05) is 11.8 Å². The molecule has 0 fully saturated rings. The normalized spacial score (nSPS) is 16.0. The number of nitrogens with one attached hydrogen (secondary N) is 1. The second-order valence-corrected chi connectivity index (χ2v) is 6.02. The summed E-state index contributed by atoms with van der Waals surface area (Å²) in [6.45, 7) is 0.524. The number of fused-ring (bicyclic) bond motifs is 1. The summed E-state index contributed by atoms with van der Waals surface area (Å²) in [6, 6.07) is 4.67. The monoisotopic (exact) mass is 341 g/mol. The first-order valence-corrected chi connectivity index (χ1v) is 7.79. The largest absolute Gasteiger partial charge is 0.344 e. The molecule has 1 aliphatic carbocycles. The molecule has 7 heteroatoms. The van der Waals surface area contributed by atoms with Gasteiger partial charge in [-0.25, -0.2) is 9.37 Å². The third-order valence-electron chi connectivity index (χ3n) is 3.63. The molecule has 3 rings (SSSR count). The maximum atomic E-state index is 13.2. The maximum absolute atomic E-state index is 13.2. The van der Waals surface area contributed by atoms with E-state index >= 15 is 0 Å². The van der Waals surface area contributed by atoms with Gasteiger partial charge >= 0.3 is 0 Å². The SMILES string of the molecule is Cl.NCCc1nc(C(=O)NC2CCc3cc(F)ccc32)cs1. The topological polar surface area (TPSA) is 68.0 Å². The number of hydrogen-bond donors (Lipinski definition) is 2. The summed E-state index contributed by atoms with van der Waals surface area (Å²) in [7, 11) is 0. The summed E-state index contributed by atoms with van der Waals surface area (Å²) in [5.41, 5.74) is 7.88. The number of nitrogens with zero attached hydrogens (tertiary/aromatic N) is 1. The van der Waals surface area contributed by atoms with Crippen molar-refractivity contribution in [1.29, 1.82) is 0 Å². The first kappa shape index (κ1) is 16.9. The van der Waals surface area contributed by atoms with Crippen molar-refractivity contribution in [2.45, 2.75) is 25.3 Å². The van der Waals surface area contributed by atoms with Crippen LogP contribution in [0.4, 0.5) is 4.39 Å². The number of halogens is 2. The molecule has 1 aromatic carbocycles. The molecule has 0 radical (unpaired) electrons. The van der Waals surface area contributed by atoms with Crippen molar-refractivity contribution in [3.05, 3.63) is 51.2 Å². The van der Waals surface area contributed by atoms with Gasteiger partial charge in [-0.3, -0.25) is 4.79 Å². The molecule has 1 aromatic heterocycles. The summed E-state index contributed by atoms with van der Waals surface area (Å²) >= 11 is 1.45. The third kappa shape index (κ3) is 3.45. The van der Waals surface area contributed by atoms with E-state index in [1.54, 1.807) is 17.5 Å². The van der Waals surface area contributed by atoms with Crippen LogP contribution in [0.3, 0.4) is 0 Å². The Morgan fingerprint density at radius 1 is 1.50 bits per heavy atom. The molecule has 3 N–H and O–H groups in total. The van der Waals surface area contributed by atoms with E-state index in [2.05, 4.69) is 10.3 Å². The van der Waals surface area contributed by atoms with Crippen molar-refractivity contribution in [3.63, 3.8) is 0 Å².